The van der Waals surface area contributed by atoms with Crippen molar-refractivity contribution in [2.24, 2.45) is 0 Å². The number of halogens is 3. The summed E-state index contributed by atoms with van der Waals surface area (Å²) in [6.45, 7) is 3.79. The van der Waals surface area contributed by atoms with E-state index in [1.54, 1.807) is 20.1 Å². The maximum absolute atomic E-state index is 14.0. The van der Waals surface area contributed by atoms with Gasteiger partial charge in [0.25, 0.3) is 0 Å². The monoisotopic (exact) mass is 593 g/mol. The number of aromatic nitrogens is 2. The number of nitrogens with zero attached hydrogens (tertiary/aromatic N) is 3. The van der Waals surface area contributed by atoms with Crippen LogP contribution in [0.4, 0.5) is 19.4 Å². The van der Waals surface area contributed by atoms with Crippen LogP contribution in [0.25, 0.3) is 5.69 Å². The summed E-state index contributed by atoms with van der Waals surface area (Å²) in [5, 5.41) is 19.9. The molecule has 3 atom stereocenters. The second-order valence-corrected chi connectivity index (χ2v) is 9.91. The fraction of sp³-hybridized carbons (Fsp3) is 0.385. The molecule has 1 aromatic heterocycles. The van der Waals surface area contributed by atoms with E-state index in [1.807, 2.05) is 30.3 Å². The van der Waals surface area contributed by atoms with E-state index in [1.165, 1.54) is 10.7 Å². The number of anilines is 1. The molecular weight excluding hydrogens is 564 g/mol. The Kier molecular flexibility index (Phi) is 9.31. The number of aliphatic hydroxyl groups is 1. The highest BCUT2D eigenvalue weighted by atomic mass is 79.9. The molecule has 1 unspecified atom stereocenters. The summed E-state index contributed by atoms with van der Waals surface area (Å²) in [7, 11) is 1.61. The molecule has 0 radical (unpaired) electrons. The van der Waals surface area contributed by atoms with Crippen molar-refractivity contribution in [1.29, 1.82) is 0 Å². The summed E-state index contributed by atoms with van der Waals surface area (Å²) >= 11 is 3.46. The molecule has 0 spiro atoms. The molecule has 0 bridgehead atoms. The van der Waals surface area contributed by atoms with Crippen molar-refractivity contribution in [1.82, 2.24) is 20.0 Å². The minimum atomic E-state index is -0.929. The number of methoxy groups -OCH3 is 1. The van der Waals surface area contributed by atoms with Crippen LogP contribution in [0.15, 0.2) is 53.0 Å². The average Bonchev–Trinajstić information content (AvgIpc) is 3.44. The van der Waals surface area contributed by atoms with E-state index in [0.29, 0.717) is 47.8 Å². The summed E-state index contributed by atoms with van der Waals surface area (Å²) in [4.78, 5) is 15.4. The van der Waals surface area contributed by atoms with Gasteiger partial charge in [-0.3, -0.25) is 10.2 Å². The van der Waals surface area contributed by atoms with Crippen LogP contribution < -0.4 is 15.4 Å². The number of amides is 2. The van der Waals surface area contributed by atoms with Gasteiger partial charge in [-0.05, 0) is 52.7 Å². The number of ether oxygens (including phenoxy) is 2. The molecule has 2 heterocycles. The first-order valence-corrected chi connectivity index (χ1v) is 12.9. The highest BCUT2D eigenvalue weighted by Gasteiger charge is 2.35. The molecule has 38 heavy (non-hydrogen) atoms. The predicted molar refractivity (Wildman–Crippen MR) is 142 cm³/mol. The fourth-order valence-electron chi connectivity index (χ4n) is 4.36. The Labute approximate surface area is 227 Å². The molecule has 1 aliphatic heterocycles. The van der Waals surface area contributed by atoms with Crippen LogP contribution in [0.2, 0.25) is 0 Å². The zero-order valence-corrected chi connectivity index (χ0v) is 22.6. The number of para-hydroxylation sites is 1. The summed E-state index contributed by atoms with van der Waals surface area (Å²) < 4.78 is 40.3. The first-order chi connectivity index (χ1) is 18.3. The summed E-state index contributed by atoms with van der Waals surface area (Å²) in [5.74, 6) is -1.58. The third-order valence-corrected chi connectivity index (χ3v) is 6.90. The molecule has 3 aromatic rings. The van der Waals surface area contributed by atoms with Crippen molar-refractivity contribution in [3.63, 3.8) is 0 Å². The van der Waals surface area contributed by atoms with Crippen LogP contribution in [-0.2, 0) is 4.74 Å². The molecule has 2 amide bonds. The Balaban J connectivity index is 1.56. The van der Waals surface area contributed by atoms with Gasteiger partial charge in [0.15, 0.2) is 17.5 Å². The fourth-order valence-corrected chi connectivity index (χ4v) is 4.82. The van der Waals surface area contributed by atoms with Gasteiger partial charge in [0.1, 0.15) is 11.1 Å². The van der Waals surface area contributed by atoms with E-state index in [9.17, 15) is 18.7 Å². The van der Waals surface area contributed by atoms with Gasteiger partial charge in [-0.25, -0.2) is 18.3 Å². The van der Waals surface area contributed by atoms with E-state index in [4.69, 9.17) is 9.47 Å². The zero-order valence-electron chi connectivity index (χ0n) is 21.0. The lowest BCUT2D eigenvalue weighted by atomic mass is 9.94. The van der Waals surface area contributed by atoms with E-state index in [0.717, 1.165) is 6.07 Å². The van der Waals surface area contributed by atoms with Gasteiger partial charge in [0, 0.05) is 32.7 Å². The zero-order chi connectivity index (χ0) is 27.2. The summed E-state index contributed by atoms with van der Waals surface area (Å²) in [5.41, 5.74) is 1.28. The van der Waals surface area contributed by atoms with Crippen LogP contribution in [0.3, 0.4) is 0 Å². The smallest absolute Gasteiger partial charge is 0.320 e. The van der Waals surface area contributed by atoms with Gasteiger partial charge < -0.3 is 19.9 Å². The molecule has 0 aliphatic carbocycles. The number of aliphatic hydroxyl groups excluding tert-OH is 1. The summed E-state index contributed by atoms with van der Waals surface area (Å²) in [6, 6.07) is 12.1. The first kappa shape index (κ1) is 28.0. The first-order valence-electron chi connectivity index (χ1n) is 12.1. The number of carbonyl (C=O) groups is 1. The molecule has 1 fully saturated rings. The van der Waals surface area contributed by atoms with Crippen molar-refractivity contribution in [2.75, 3.05) is 45.3 Å². The number of benzene rings is 2. The Morgan fingerprint density at radius 1 is 1.21 bits per heavy atom. The normalized spacial score (nSPS) is 18.4. The molecule has 0 saturated carbocycles. The van der Waals surface area contributed by atoms with Gasteiger partial charge in [0.05, 0.1) is 24.4 Å². The molecule has 12 heteroatoms. The summed E-state index contributed by atoms with van der Waals surface area (Å²) in [6.07, 6.45) is -0.708. The molecule has 2 aromatic carbocycles. The van der Waals surface area contributed by atoms with Crippen molar-refractivity contribution in [3.8, 4) is 11.6 Å². The Bertz CT molecular complexity index is 1240. The minimum absolute atomic E-state index is 0.0192. The Morgan fingerprint density at radius 3 is 2.66 bits per heavy atom. The molecule has 3 N–H and O–H groups in total. The molecule has 204 valence electrons. The molecule has 9 nitrogen and oxygen atoms in total. The number of likely N-dealkylation sites (tertiary alicyclic amines) is 1. The SMILES string of the molecule is COCCN1C[C@@H](NC(=O)Nc2c(Br)c(OCC(C)O)nn2-c2ccccc2)[C@H](c2ccc(F)c(F)c2)C1. The number of urea groups is 1. The predicted octanol–water partition coefficient (Wildman–Crippen LogP) is 3.91. The van der Waals surface area contributed by atoms with E-state index >= 15 is 0 Å². The van der Waals surface area contributed by atoms with E-state index in [-0.39, 0.29) is 24.4 Å². The Hall–Kier alpha value is -3.06. The third kappa shape index (κ3) is 6.68. The second-order valence-electron chi connectivity index (χ2n) is 9.11. The van der Waals surface area contributed by atoms with Crippen molar-refractivity contribution >= 4 is 27.8 Å². The molecule has 4 rings (SSSR count). The lowest BCUT2D eigenvalue weighted by Crippen LogP contribution is -2.42. The van der Waals surface area contributed by atoms with Crippen LogP contribution in [0, 0.1) is 11.6 Å². The topological polar surface area (TPSA) is 101 Å². The molecular formula is C26H30BrF2N5O4. The molecule has 1 saturated heterocycles. The van der Waals surface area contributed by atoms with Crippen LogP contribution in [0.1, 0.15) is 18.4 Å². The number of nitrogens with one attached hydrogen (secondary N) is 2. The third-order valence-electron chi connectivity index (χ3n) is 6.19. The quantitative estimate of drug-likeness (QED) is 0.329. The van der Waals surface area contributed by atoms with Crippen LogP contribution >= 0.6 is 15.9 Å². The Morgan fingerprint density at radius 2 is 1.97 bits per heavy atom. The van der Waals surface area contributed by atoms with Gasteiger partial charge in [-0.15, -0.1) is 5.10 Å². The highest BCUT2D eigenvalue weighted by molar-refractivity contribution is 9.10. The number of carbonyl (C=O) groups excluding carboxylic acids is 1. The number of rotatable bonds is 10. The second kappa shape index (κ2) is 12.7. The van der Waals surface area contributed by atoms with Crippen molar-refractivity contribution < 1.29 is 28.2 Å². The maximum atomic E-state index is 14.0. The number of hydrogen-bond acceptors (Lipinski definition) is 6. The van der Waals surface area contributed by atoms with E-state index in [2.05, 4.69) is 36.6 Å². The van der Waals surface area contributed by atoms with Gasteiger partial charge in [-0.1, -0.05) is 24.3 Å². The highest BCUT2D eigenvalue weighted by Crippen LogP contribution is 2.35. The molecule has 1 aliphatic rings. The van der Waals surface area contributed by atoms with Crippen molar-refractivity contribution in [3.05, 3.63) is 70.2 Å². The van der Waals surface area contributed by atoms with E-state index < -0.39 is 23.8 Å². The average molecular weight is 594 g/mol. The lowest BCUT2D eigenvalue weighted by molar-refractivity contribution is 0.119. The minimum Gasteiger partial charge on any atom is -0.473 e. The number of hydrogen-bond donors (Lipinski definition) is 3. The van der Waals surface area contributed by atoms with Gasteiger partial charge in [0.2, 0.25) is 5.88 Å². The largest absolute Gasteiger partial charge is 0.473 e. The van der Waals surface area contributed by atoms with Gasteiger partial charge in [-0.2, -0.15) is 0 Å². The van der Waals surface area contributed by atoms with Crippen molar-refractivity contribution in [2.45, 2.75) is 25.0 Å². The maximum Gasteiger partial charge on any atom is 0.320 e. The van der Waals surface area contributed by atoms with Gasteiger partial charge >= 0.3 is 6.03 Å². The van der Waals surface area contributed by atoms with Crippen LogP contribution in [-0.4, -0.2) is 77.9 Å². The standard InChI is InChI=1S/C26H30BrF2N5O4/c1-16(35)15-38-25-23(27)24(34(32-25)18-6-4-3-5-7-18)31-26(36)30-22-14-33(10-11-37-2)13-19(22)17-8-9-20(28)21(29)12-17/h3-9,12,16,19,22,35H,10-11,13-15H2,1-2H3,(H2,30,31,36)/t16?,19-,22+/m0/s1. The van der Waals surface area contributed by atoms with Crippen LogP contribution in [0.5, 0.6) is 5.88 Å². The lowest BCUT2D eigenvalue weighted by Gasteiger charge is -2.21.